The molecule has 0 saturated carbocycles. The van der Waals surface area contributed by atoms with Crippen molar-refractivity contribution in [3.63, 3.8) is 0 Å². The van der Waals surface area contributed by atoms with Gasteiger partial charge in [-0.25, -0.2) is 0 Å². The van der Waals surface area contributed by atoms with Gasteiger partial charge < -0.3 is 4.74 Å². The lowest BCUT2D eigenvalue weighted by molar-refractivity contribution is -0.140. The van der Waals surface area contributed by atoms with Crippen molar-refractivity contribution in [3.8, 4) is 0 Å². The van der Waals surface area contributed by atoms with Crippen LogP contribution in [0.2, 0.25) is 0 Å². The number of thioether (sulfide) groups is 1. The zero-order valence-corrected chi connectivity index (χ0v) is 11.8. The van der Waals surface area contributed by atoms with Gasteiger partial charge in [-0.3, -0.25) is 4.79 Å². The van der Waals surface area contributed by atoms with Crippen LogP contribution < -0.4 is 0 Å². The van der Waals surface area contributed by atoms with Crippen LogP contribution in [0.1, 0.15) is 12.0 Å². The normalized spacial score (nSPS) is 11.4. The van der Waals surface area contributed by atoms with Crippen molar-refractivity contribution < 1.29 is 22.7 Å². The number of esters is 1. The van der Waals surface area contributed by atoms with Gasteiger partial charge in [0.1, 0.15) is 0 Å². The average Bonchev–Trinajstić information content (AvgIpc) is 2.27. The third-order valence-electron chi connectivity index (χ3n) is 2.08. The summed E-state index contributed by atoms with van der Waals surface area (Å²) in [6, 6.07) is 4.34. The Morgan fingerprint density at radius 3 is 2.67 bits per heavy atom. The number of hydrogen-bond donors (Lipinski definition) is 0. The second kappa shape index (κ2) is 6.47. The number of carbonyl (C=O) groups excluding carboxylic acids is 1. The van der Waals surface area contributed by atoms with Crippen molar-refractivity contribution in [2.24, 2.45) is 0 Å². The van der Waals surface area contributed by atoms with Gasteiger partial charge in [0.25, 0.3) is 0 Å². The molecule has 0 atom stereocenters. The molecule has 7 heteroatoms. The fourth-order valence-electron chi connectivity index (χ4n) is 1.28. The maximum atomic E-state index is 12.2. The highest BCUT2D eigenvalue weighted by atomic mass is 79.9. The van der Waals surface area contributed by atoms with E-state index in [9.17, 15) is 18.0 Å². The van der Waals surface area contributed by atoms with Gasteiger partial charge in [-0.05, 0) is 41.9 Å². The van der Waals surface area contributed by atoms with Crippen LogP contribution in [-0.4, -0.2) is 18.6 Å². The summed E-state index contributed by atoms with van der Waals surface area (Å²) in [5, 5.41) is 0. The molecule has 0 amide bonds. The van der Waals surface area contributed by atoms with Crippen molar-refractivity contribution >= 4 is 33.7 Å². The molecule has 18 heavy (non-hydrogen) atoms. The molecule has 0 saturated heterocycles. The predicted octanol–water partition coefficient (Wildman–Crippen LogP) is 4.17. The lowest BCUT2D eigenvalue weighted by atomic mass is 10.1. The van der Waals surface area contributed by atoms with Crippen molar-refractivity contribution in [3.05, 3.63) is 28.2 Å². The van der Waals surface area contributed by atoms with E-state index in [-0.39, 0.29) is 23.1 Å². The molecule has 1 aromatic carbocycles. The number of rotatable bonds is 4. The summed E-state index contributed by atoms with van der Waals surface area (Å²) < 4.78 is 41.8. The van der Waals surface area contributed by atoms with Crippen LogP contribution in [-0.2, 0) is 16.0 Å². The summed E-state index contributed by atoms with van der Waals surface area (Å²) in [4.78, 5) is 11.1. The van der Waals surface area contributed by atoms with Gasteiger partial charge in [-0.1, -0.05) is 15.9 Å². The Bertz CT molecular complexity index is 435. The second-order valence-electron chi connectivity index (χ2n) is 3.38. The van der Waals surface area contributed by atoms with Crippen molar-refractivity contribution in [1.29, 1.82) is 0 Å². The van der Waals surface area contributed by atoms with Crippen molar-refractivity contribution in [2.45, 2.75) is 23.2 Å². The summed E-state index contributed by atoms with van der Waals surface area (Å²) in [5.74, 6) is -0.393. The van der Waals surface area contributed by atoms with Crippen LogP contribution in [0.4, 0.5) is 13.2 Å². The molecule has 0 aliphatic rings. The molecule has 0 aromatic heterocycles. The first-order valence-corrected chi connectivity index (χ1v) is 6.54. The third-order valence-corrected chi connectivity index (χ3v) is 3.57. The van der Waals surface area contributed by atoms with Crippen LogP contribution in [0.5, 0.6) is 0 Å². The first-order chi connectivity index (χ1) is 8.31. The third kappa shape index (κ3) is 5.30. The highest BCUT2D eigenvalue weighted by molar-refractivity contribution is 9.10. The van der Waals surface area contributed by atoms with Gasteiger partial charge in [0.15, 0.2) is 0 Å². The molecular weight excluding hydrogens is 333 g/mol. The Kier molecular flexibility index (Phi) is 5.52. The van der Waals surface area contributed by atoms with Crippen LogP contribution in [0, 0.1) is 0 Å². The minimum Gasteiger partial charge on any atom is -0.469 e. The molecule has 2 nitrogen and oxygen atoms in total. The number of benzene rings is 1. The molecule has 0 aliphatic carbocycles. The Hall–Kier alpha value is -0.690. The smallest absolute Gasteiger partial charge is 0.446 e. The molecular formula is C11H10BrF3O2S. The molecule has 1 rings (SSSR count). The monoisotopic (exact) mass is 342 g/mol. The highest BCUT2D eigenvalue weighted by Gasteiger charge is 2.29. The van der Waals surface area contributed by atoms with E-state index in [2.05, 4.69) is 20.7 Å². The summed E-state index contributed by atoms with van der Waals surface area (Å²) in [6.07, 6.45) is 0.467. The highest BCUT2D eigenvalue weighted by Crippen LogP contribution is 2.38. The summed E-state index contributed by atoms with van der Waals surface area (Å²) in [6.45, 7) is 0. The molecule has 0 fully saturated rings. The van der Waals surface area contributed by atoms with E-state index >= 15 is 0 Å². The lowest BCUT2D eigenvalue weighted by Gasteiger charge is -2.09. The molecule has 0 bridgehead atoms. The van der Waals surface area contributed by atoms with E-state index in [1.807, 2.05) is 0 Å². The Balaban J connectivity index is 2.78. The SMILES string of the molecule is COC(=O)CCc1cc(SC(F)(F)F)ccc1Br. The number of methoxy groups -OCH3 is 1. The van der Waals surface area contributed by atoms with E-state index in [1.165, 1.54) is 19.2 Å². The van der Waals surface area contributed by atoms with Crippen molar-refractivity contribution in [1.82, 2.24) is 0 Å². The number of halogens is 4. The Morgan fingerprint density at radius 1 is 1.44 bits per heavy atom. The van der Waals surface area contributed by atoms with E-state index < -0.39 is 11.5 Å². The molecule has 0 radical (unpaired) electrons. The maximum absolute atomic E-state index is 12.2. The minimum atomic E-state index is -4.31. The molecule has 100 valence electrons. The summed E-state index contributed by atoms with van der Waals surface area (Å²) in [5.41, 5.74) is -3.66. The standard InChI is InChI=1S/C11H10BrF3O2S/c1-17-10(16)5-2-7-6-8(3-4-9(7)12)18-11(13,14)15/h3-4,6H,2,5H2,1H3. The Morgan fingerprint density at radius 2 is 2.11 bits per heavy atom. The predicted molar refractivity (Wildman–Crippen MR) is 66.4 cm³/mol. The minimum absolute atomic E-state index is 0.102. The van der Waals surface area contributed by atoms with E-state index in [0.29, 0.717) is 16.5 Å². The van der Waals surface area contributed by atoms with Gasteiger partial charge >= 0.3 is 11.5 Å². The van der Waals surface area contributed by atoms with Crippen molar-refractivity contribution in [2.75, 3.05) is 7.11 Å². The van der Waals surface area contributed by atoms with Gasteiger partial charge in [0, 0.05) is 15.8 Å². The number of alkyl halides is 3. The van der Waals surface area contributed by atoms with Crippen LogP contribution >= 0.6 is 27.7 Å². The largest absolute Gasteiger partial charge is 0.469 e. The molecule has 1 aromatic rings. The zero-order chi connectivity index (χ0) is 13.8. The summed E-state index contributed by atoms with van der Waals surface area (Å²) >= 11 is 3.07. The van der Waals surface area contributed by atoms with Crippen LogP contribution in [0.3, 0.4) is 0 Å². The zero-order valence-electron chi connectivity index (χ0n) is 9.38. The number of hydrogen-bond acceptors (Lipinski definition) is 3. The fraction of sp³-hybridized carbons (Fsp3) is 0.364. The number of carbonyl (C=O) groups is 1. The first kappa shape index (κ1) is 15.4. The van der Waals surface area contributed by atoms with E-state index in [1.54, 1.807) is 6.07 Å². The molecule has 0 N–H and O–H groups in total. The first-order valence-electron chi connectivity index (χ1n) is 4.93. The van der Waals surface area contributed by atoms with Gasteiger partial charge in [0.2, 0.25) is 0 Å². The quantitative estimate of drug-likeness (QED) is 0.606. The van der Waals surface area contributed by atoms with E-state index in [0.717, 1.165) is 0 Å². The van der Waals surface area contributed by atoms with Crippen LogP contribution in [0.25, 0.3) is 0 Å². The number of ether oxygens (including phenoxy) is 1. The molecule has 0 unspecified atom stereocenters. The van der Waals surface area contributed by atoms with Gasteiger partial charge in [-0.2, -0.15) is 13.2 Å². The average molecular weight is 343 g/mol. The van der Waals surface area contributed by atoms with Gasteiger partial charge in [0.05, 0.1) is 7.11 Å². The lowest BCUT2D eigenvalue weighted by Crippen LogP contribution is -2.03. The van der Waals surface area contributed by atoms with E-state index in [4.69, 9.17) is 0 Å². The molecule has 0 aliphatic heterocycles. The van der Waals surface area contributed by atoms with Crippen LogP contribution in [0.15, 0.2) is 27.6 Å². The summed E-state index contributed by atoms with van der Waals surface area (Å²) in [7, 11) is 1.27. The Labute approximate surface area is 115 Å². The maximum Gasteiger partial charge on any atom is 0.446 e. The fourth-order valence-corrected chi connectivity index (χ4v) is 2.33. The van der Waals surface area contributed by atoms with Gasteiger partial charge in [-0.15, -0.1) is 0 Å². The number of aryl methyl sites for hydroxylation is 1. The topological polar surface area (TPSA) is 26.3 Å². The molecule has 0 spiro atoms. The second-order valence-corrected chi connectivity index (χ2v) is 5.37. The molecule has 0 heterocycles.